The summed E-state index contributed by atoms with van der Waals surface area (Å²) in [4.78, 5) is 12.8. The van der Waals surface area contributed by atoms with Crippen LogP contribution in [-0.2, 0) is 14.6 Å². The van der Waals surface area contributed by atoms with Gasteiger partial charge in [-0.25, -0.2) is 8.42 Å². The number of piperidine rings is 1. The summed E-state index contributed by atoms with van der Waals surface area (Å²) in [5, 5.41) is 13.2. The number of halogens is 1. The number of aromatic amines is 1. The average Bonchev–Trinajstić information content (AvgIpc) is 3.30. The lowest BCUT2D eigenvalue weighted by Crippen LogP contribution is -2.55. The summed E-state index contributed by atoms with van der Waals surface area (Å²) < 4.78 is 23.3. The molecule has 2 heterocycles. The highest BCUT2D eigenvalue weighted by Crippen LogP contribution is 2.52. The largest absolute Gasteiger partial charge is 0.317 e. The predicted octanol–water partition coefficient (Wildman–Crippen LogP) is 1.84. The van der Waals surface area contributed by atoms with E-state index in [1.165, 1.54) is 25.7 Å². The maximum atomic E-state index is 12.8. The molecule has 146 valence electrons. The van der Waals surface area contributed by atoms with Gasteiger partial charge in [0.05, 0.1) is 0 Å². The van der Waals surface area contributed by atoms with E-state index in [1.54, 1.807) is 0 Å². The van der Waals surface area contributed by atoms with Gasteiger partial charge in [0.25, 0.3) is 0 Å². The molecular weight excluding hydrogens is 376 g/mol. The number of amides is 1. The summed E-state index contributed by atoms with van der Waals surface area (Å²) in [5.41, 5.74) is 1.07. The summed E-state index contributed by atoms with van der Waals surface area (Å²) in [6.45, 7) is 1.05. The van der Waals surface area contributed by atoms with Crippen LogP contribution in [0.4, 0.5) is 5.82 Å². The Morgan fingerprint density at radius 3 is 2.58 bits per heavy atom. The Balaban J connectivity index is 0.00000196. The fourth-order valence-corrected chi connectivity index (χ4v) is 6.38. The first kappa shape index (κ1) is 19.6. The smallest absolute Gasteiger partial charge is 0.247 e. The van der Waals surface area contributed by atoms with E-state index in [2.05, 4.69) is 20.8 Å². The lowest BCUT2D eigenvalue weighted by Gasteiger charge is -2.34. The Kier molecular flexibility index (Phi) is 5.38. The molecule has 2 bridgehead atoms. The van der Waals surface area contributed by atoms with E-state index >= 15 is 0 Å². The molecule has 0 radical (unpaired) electrons. The third kappa shape index (κ3) is 3.27. The van der Waals surface area contributed by atoms with Crippen LogP contribution in [-0.4, -0.2) is 48.6 Å². The molecule has 3 fully saturated rings. The molecule has 3 unspecified atom stereocenters. The van der Waals surface area contributed by atoms with Gasteiger partial charge < -0.3 is 10.6 Å². The molecule has 2 aliphatic carbocycles. The molecule has 0 aromatic carbocycles. The molecule has 1 aliphatic heterocycles. The Morgan fingerprint density at radius 1 is 1.27 bits per heavy atom. The molecule has 4 rings (SSSR count). The van der Waals surface area contributed by atoms with Crippen molar-refractivity contribution in [2.45, 2.75) is 49.2 Å². The van der Waals surface area contributed by atoms with Gasteiger partial charge >= 0.3 is 0 Å². The number of sulfone groups is 1. The lowest BCUT2D eigenvalue weighted by atomic mass is 9.86. The van der Waals surface area contributed by atoms with Crippen molar-refractivity contribution in [3.63, 3.8) is 0 Å². The van der Waals surface area contributed by atoms with Crippen LogP contribution in [0.15, 0.2) is 6.07 Å². The molecule has 3 aliphatic rings. The third-order valence-electron chi connectivity index (χ3n) is 6.51. The van der Waals surface area contributed by atoms with Crippen LogP contribution in [0.5, 0.6) is 0 Å². The zero-order valence-electron chi connectivity index (χ0n) is 15.0. The van der Waals surface area contributed by atoms with Crippen molar-refractivity contribution < 1.29 is 13.2 Å². The second-order valence-electron chi connectivity index (χ2n) is 7.96. The Hall–Kier alpha value is -1.12. The first-order valence-corrected chi connectivity index (χ1v) is 11.1. The average molecular weight is 403 g/mol. The van der Waals surface area contributed by atoms with Crippen LogP contribution >= 0.6 is 12.4 Å². The standard InChI is InChI=1S/C17H26N4O3S.ClH/c1-25(23,24)17(4-6-18-7-5-17)16(22)19-15-10-14(20-21-15)13-9-11-2-3-12(13)8-11;/h10-13,18H,2-9H2,1H3,(H2,19,20,21,22);1H. The molecule has 9 heteroatoms. The molecule has 0 spiro atoms. The van der Waals surface area contributed by atoms with Crippen molar-refractivity contribution in [2.75, 3.05) is 24.7 Å². The second-order valence-corrected chi connectivity index (χ2v) is 10.3. The van der Waals surface area contributed by atoms with E-state index in [0.717, 1.165) is 23.8 Å². The molecule has 26 heavy (non-hydrogen) atoms. The maximum absolute atomic E-state index is 12.8. The van der Waals surface area contributed by atoms with Crippen LogP contribution in [0.25, 0.3) is 0 Å². The number of hydrogen-bond acceptors (Lipinski definition) is 5. The van der Waals surface area contributed by atoms with Crippen LogP contribution in [0.3, 0.4) is 0 Å². The minimum Gasteiger partial charge on any atom is -0.317 e. The third-order valence-corrected chi connectivity index (χ3v) is 8.52. The van der Waals surface area contributed by atoms with E-state index in [4.69, 9.17) is 0 Å². The van der Waals surface area contributed by atoms with Crippen LogP contribution in [0.1, 0.15) is 50.1 Å². The summed E-state index contributed by atoms with van der Waals surface area (Å²) in [6, 6.07) is 1.89. The first-order chi connectivity index (χ1) is 11.9. The number of rotatable bonds is 4. The zero-order valence-corrected chi connectivity index (χ0v) is 16.6. The number of nitrogens with one attached hydrogen (secondary N) is 3. The molecule has 1 aromatic rings. The maximum Gasteiger partial charge on any atom is 0.247 e. The molecule has 3 N–H and O–H groups in total. The van der Waals surface area contributed by atoms with Crippen LogP contribution < -0.4 is 10.6 Å². The zero-order chi connectivity index (χ0) is 17.7. The normalized spacial score (nSPS) is 30.0. The summed E-state index contributed by atoms with van der Waals surface area (Å²) in [6.07, 6.45) is 6.85. The number of fused-ring (bicyclic) bond motifs is 2. The molecule has 1 aromatic heterocycles. The topological polar surface area (TPSA) is 104 Å². The number of anilines is 1. The van der Waals surface area contributed by atoms with Crippen molar-refractivity contribution in [3.8, 4) is 0 Å². The van der Waals surface area contributed by atoms with Gasteiger partial charge in [0.2, 0.25) is 5.91 Å². The summed E-state index contributed by atoms with van der Waals surface area (Å²) in [7, 11) is -3.51. The quantitative estimate of drug-likeness (QED) is 0.712. The minimum absolute atomic E-state index is 0. The van der Waals surface area contributed by atoms with Gasteiger partial charge in [0.15, 0.2) is 20.4 Å². The first-order valence-electron chi connectivity index (χ1n) is 9.16. The van der Waals surface area contributed by atoms with Crippen molar-refractivity contribution in [1.29, 1.82) is 0 Å². The Bertz CT molecular complexity index is 773. The van der Waals surface area contributed by atoms with E-state index in [9.17, 15) is 13.2 Å². The van der Waals surface area contributed by atoms with E-state index in [1.807, 2.05) is 6.07 Å². The molecular formula is C17H27ClN4O3S. The number of carbonyl (C=O) groups is 1. The second kappa shape index (κ2) is 7.13. The number of carbonyl (C=O) groups excluding carboxylic acids is 1. The molecule has 3 atom stereocenters. The van der Waals surface area contributed by atoms with E-state index in [-0.39, 0.29) is 12.4 Å². The fourth-order valence-electron chi connectivity index (χ4n) is 5.04. The van der Waals surface area contributed by atoms with Gasteiger partial charge in [-0.05, 0) is 57.0 Å². The predicted molar refractivity (Wildman–Crippen MR) is 102 cm³/mol. The van der Waals surface area contributed by atoms with Crippen molar-refractivity contribution in [1.82, 2.24) is 15.5 Å². The fraction of sp³-hybridized carbons (Fsp3) is 0.765. The molecule has 7 nitrogen and oxygen atoms in total. The van der Waals surface area contributed by atoms with Gasteiger partial charge in [-0.1, -0.05) is 6.42 Å². The van der Waals surface area contributed by atoms with Crippen molar-refractivity contribution >= 4 is 34.0 Å². The van der Waals surface area contributed by atoms with Crippen LogP contribution in [0, 0.1) is 11.8 Å². The molecule has 1 amide bonds. The summed E-state index contributed by atoms with van der Waals surface area (Å²) >= 11 is 0. The Morgan fingerprint density at radius 2 is 2.00 bits per heavy atom. The van der Waals surface area contributed by atoms with Gasteiger partial charge in [0, 0.05) is 23.9 Å². The monoisotopic (exact) mass is 402 g/mol. The SMILES string of the molecule is CS(=O)(=O)C1(C(=O)Nc2cc(C3CC4CCC3C4)[nH]n2)CCNCC1.Cl. The van der Waals surface area contributed by atoms with Gasteiger partial charge in [0.1, 0.15) is 0 Å². The van der Waals surface area contributed by atoms with Crippen molar-refractivity contribution in [3.05, 3.63) is 11.8 Å². The lowest BCUT2D eigenvalue weighted by molar-refractivity contribution is -0.119. The molecule has 2 saturated carbocycles. The van der Waals surface area contributed by atoms with E-state index in [0.29, 0.717) is 37.7 Å². The Labute approximate surface area is 160 Å². The number of H-pyrrole nitrogens is 1. The highest BCUT2D eigenvalue weighted by molar-refractivity contribution is 7.92. The van der Waals surface area contributed by atoms with E-state index < -0.39 is 20.5 Å². The van der Waals surface area contributed by atoms with Crippen LogP contribution in [0.2, 0.25) is 0 Å². The highest BCUT2D eigenvalue weighted by atomic mass is 35.5. The highest BCUT2D eigenvalue weighted by Gasteiger charge is 2.49. The van der Waals surface area contributed by atoms with Gasteiger partial charge in [-0.3, -0.25) is 9.89 Å². The number of nitrogens with zero attached hydrogens (tertiary/aromatic N) is 1. The number of hydrogen-bond donors (Lipinski definition) is 3. The number of aromatic nitrogens is 2. The van der Waals surface area contributed by atoms with Crippen molar-refractivity contribution in [2.24, 2.45) is 11.8 Å². The summed E-state index contributed by atoms with van der Waals surface area (Å²) in [5.74, 6) is 2.03. The molecule has 1 saturated heterocycles. The van der Waals surface area contributed by atoms with Gasteiger partial charge in [-0.15, -0.1) is 12.4 Å². The van der Waals surface area contributed by atoms with Gasteiger partial charge in [-0.2, -0.15) is 5.10 Å². The minimum atomic E-state index is -3.51.